The minimum atomic E-state index is -2.93. The summed E-state index contributed by atoms with van der Waals surface area (Å²) in [6, 6.07) is 4.28. The van der Waals surface area contributed by atoms with Gasteiger partial charge < -0.3 is 5.32 Å². The summed E-state index contributed by atoms with van der Waals surface area (Å²) in [5, 5.41) is 22.4. The Labute approximate surface area is 115 Å². The maximum atomic E-state index is 11.3. The van der Waals surface area contributed by atoms with Crippen LogP contribution in [0.25, 0.3) is 0 Å². The molecule has 1 aliphatic heterocycles. The van der Waals surface area contributed by atoms with E-state index in [1.165, 1.54) is 12.1 Å². The van der Waals surface area contributed by atoms with Gasteiger partial charge in [0.25, 0.3) is 0 Å². The molecular formula is C11H12N4O4S. The standard InChI is InChI=1S/C11H12N4O4S/c12-5-9-10(15(16)17)1-2-11(14-9)13-6-8-3-4-20(18,19)7-8/h1-2,8H,3-4,6-7H2,(H,13,14). The number of sulfone groups is 1. The number of pyridine rings is 1. The predicted octanol–water partition coefficient (Wildman–Crippen LogP) is 0.708. The lowest BCUT2D eigenvalue weighted by Gasteiger charge is -2.10. The minimum absolute atomic E-state index is 0.00234. The van der Waals surface area contributed by atoms with Crippen LogP contribution in [0.1, 0.15) is 12.1 Å². The Morgan fingerprint density at radius 3 is 2.85 bits per heavy atom. The van der Waals surface area contributed by atoms with Gasteiger partial charge in [-0.3, -0.25) is 10.1 Å². The van der Waals surface area contributed by atoms with Crippen molar-refractivity contribution in [2.24, 2.45) is 5.92 Å². The summed E-state index contributed by atoms with van der Waals surface area (Å²) in [5.41, 5.74) is -0.611. The molecule has 0 spiro atoms. The Kier molecular flexibility index (Phi) is 3.85. The molecule has 1 N–H and O–H groups in total. The second-order valence-electron chi connectivity index (χ2n) is 4.58. The Morgan fingerprint density at radius 2 is 2.30 bits per heavy atom. The third-order valence-electron chi connectivity index (χ3n) is 3.08. The maximum absolute atomic E-state index is 11.3. The summed E-state index contributed by atoms with van der Waals surface area (Å²) >= 11 is 0. The SMILES string of the molecule is N#Cc1nc(NCC2CCS(=O)(=O)C2)ccc1[N+](=O)[O-]. The molecule has 9 heteroatoms. The average molecular weight is 296 g/mol. The Bertz CT molecular complexity index is 680. The Hall–Kier alpha value is -2.21. The molecule has 1 atom stereocenters. The van der Waals surface area contributed by atoms with Crippen LogP contribution in [0.5, 0.6) is 0 Å². The highest BCUT2D eigenvalue weighted by Gasteiger charge is 2.27. The second kappa shape index (κ2) is 5.42. The fourth-order valence-corrected chi connectivity index (χ4v) is 3.92. The lowest BCUT2D eigenvalue weighted by Crippen LogP contribution is -2.16. The number of nitro groups is 1. The number of nitrogens with zero attached hydrogens (tertiary/aromatic N) is 3. The number of nitriles is 1. The predicted molar refractivity (Wildman–Crippen MR) is 70.9 cm³/mol. The lowest BCUT2D eigenvalue weighted by atomic mass is 10.1. The van der Waals surface area contributed by atoms with Gasteiger partial charge in [-0.25, -0.2) is 13.4 Å². The van der Waals surface area contributed by atoms with Crippen LogP contribution < -0.4 is 5.32 Å². The average Bonchev–Trinajstić information content (AvgIpc) is 2.75. The summed E-state index contributed by atoms with van der Waals surface area (Å²) in [7, 11) is -2.93. The van der Waals surface area contributed by atoms with Crippen LogP contribution in [0.3, 0.4) is 0 Å². The smallest absolute Gasteiger partial charge is 0.305 e. The van der Waals surface area contributed by atoms with Crippen molar-refractivity contribution in [2.45, 2.75) is 6.42 Å². The molecule has 2 heterocycles. The van der Waals surface area contributed by atoms with Crippen molar-refractivity contribution in [1.82, 2.24) is 4.98 Å². The molecule has 1 fully saturated rings. The zero-order valence-corrected chi connectivity index (χ0v) is 11.3. The molecule has 0 amide bonds. The van der Waals surface area contributed by atoms with E-state index < -0.39 is 14.8 Å². The molecule has 0 aromatic carbocycles. The van der Waals surface area contributed by atoms with Crippen molar-refractivity contribution in [3.8, 4) is 6.07 Å². The van der Waals surface area contributed by atoms with Gasteiger partial charge in [-0.05, 0) is 18.4 Å². The van der Waals surface area contributed by atoms with E-state index in [9.17, 15) is 18.5 Å². The minimum Gasteiger partial charge on any atom is -0.370 e. The normalized spacial score (nSPS) is 20.2. The summed E-state index contributed by atoms with van der Waals surface area (Å²) in [4.78, 5) is 13.8. The van der Waals surface area contributed by atoms with Crippen LogP contribution in [-0.2, 0) is 9.84 Å². The quantitative estimate of drug-likeness (QED) is 0.640. The van der Waals surface area contributed by atoms with Gasteiger partial charge in [-0.1, -0.05) is 0 Å². The first-order valence-corrected chi connectivity index (χ1v) is 7.73. The first-order valence-electron chi connectivity index (χ1n) is 5.91. The molecule has 1 aromatic heterocycles. The zero-order valence-electron chi connectivity index (χ0n) is 10.4. The van der Waals surface area contributed by atoms with Crippen LogP contribution in [-0.4, -0.2) is 36.4 Å². The highest BCUT2D eigenvalue weighted by Crippen LogP contribution is 2.21. The van der Waals surface area contributed by atoms with E-state index in [0.29, 0.717) is 18.8 Å². The molecule has 0 radical (unpaired) electrons. The monoisotopic (exact) mass is 296 g/mol. The highest BCUT2D eigenvalue weighted by atomic mass is 32.2. The molecule has 1 aliphatic rings. The summed E-state index contributed by atoms with van der Waals surface area (Å²) < 4.78 is 22.6. The van der Waals surface area contributed by atoms with Gasteiger partial charge in [0.1, 0.15) is 11.9 Å². The molecular weight excluding hydrogens is 284 g/mol. The highest BCUT2D eigenvalue weighted by molar-refractivity contribution is 7.91. The molecule has 0 aliphatic carbocycles. The van der Waals surface area contributed by atoms with Crippen molar-refractivity contribution in [3.63, 3.8) is 0 Å². The number of hydrogen-bond acceptors (Lipinski definition) is 7. The van der Waals surface area contributed by atoms with Crippen molar-refractivity contribution in [1.29, 1.82) is 5.26 Å². The number of rotatable bonds is 4. The van der Waals surface area contributed by atoms with Crippen LogP contribution >= 0.6 is 0 Å². The van der Waals surface area contributed by atoms with Crippen LogP contribution in [0.15, 0.2) is 12.1 Å². The molecule has 1 unspecified atom stereocenters. The fraction of sp³-hybridized carbons (Fsp3) is 0.455. The van der Waals surface area contributed by atoms with Crippen molar-refractivity contribution in [3.05, 3.63) is 27.9 Å². The van der Waals surface area contributed by atoms with E-state index in [1.54, 1.807) is 6.07 Å². The van der Waals surface area contributed by atoms with Crippen molar-refractivity contribution in [2.75, 3.05) is 23.4 Å². The first kappa shape index (κ1) is 14.2. The van der Waals surface area contributed by atoms with Gasteiger partial charge in [-0.15, -0.1) is 0 Å². The third kappa shape index (κ3) is 3.21. The topological polar surface area (TPSA) is 126 Å². The second-order valence-corrected chi connectivity index (χ2v) is 6.81. The van der Waals surface area contributed by atoms with E-state index in [4.69, 9.17) is 5.26 Å². The van der Waals surface area contributed by atoms with Gasteiger partial charge in [0.05, 0.1) is 16.4 Å². The molecule has 2 rings (SSSR count). The van der Waals surface area contributed by atoms with E-state index >= 15 is 0 Å². The number of hydrogen-bond donors (Lipinski definition) is 1. The van der Waals surface area contributed by atoms with Crippen molar-refractivity contribution >= 4 is 21.3 Å². The molecule has 106 valence electrons. The number of aromatic nitrogens is 1. The van der Waals surface area contributed by atoms with Crippen LogP contribution in [0, 0.1) is 27.4 Å². The summed E-state index contributed by atoms with van der Waals surface area (Å²) in [6.07, 6.45) is 0.591. The Morgan fingerprint density at radius 1 is 1.55 bits per heavy atom. The van der Waals surface area contributed by atoms with E-state index in [0.717, 1.165) is 0 Å². The molecule has 1 saturated heterocycles. The van der Waals surface area contributed by atoms with Crippen LogP contribution in [0.2, 0.25) is 0 Å². The van der Waals surface area contributed by atoms with Gasteiger partial charge in [-0.2, -0.15) is 5.26 Å². The Balaban J connectivity index is 2.04. The zero-order chi connectivity index (χ0) is 14.8. The van der Waals surface area contributed by atoms with E-state index in [1.807, 2.05) is 0 Å². The van der Waals surface area contributed by atoms with E-state index in [-0.39, 0.29) is 28.8 Å². The molecule has 1 aromatic rings. The van der Waals surface area contributed by atoms with Gasteiger partial charge in [0, 0.05) is 12.6 Å². The number of nitrogens with one attached hydrogen (secondary N) is 1. The van der Waals surface area contributed by atoms with Gasteiger partial charge in [0.15, 0.2) is 9.84 Å². The van der Waals surface area contributed by atoms with Crippen molar-refractivity contribution < 1.29 is 13.3 Å². The molecule has 20 heavy (non-hydrogen) atoms. The van der Waals surface area contributed by atoms with Crippen LogP contribution in [0.4, 0.5) is 11.5 Å². The number of anilines is 1. The van der Waals surface area contributed by atoms with Gasteiger partial charge >= 0.3 is 5.69 Å². The largest absolute Gasteiger partial charge is 0.370 e. The molecule has 8 nitrogen and oxygen atoms in total. The lowest BCUT2D eigenvalue weighted by molar-refractivity contribution is -0.385. The maximum Gasteiger partial charge on any atom is 0.305 e. The third-order valence-corrected chi connectivity index (χ3v) is 4.91. The molecule has 0 bridgehead atoms. The first-order chi connectivity index (χ1) is 9.41. The van der Waals surface area contributed by atoms with E-state index in [2.05, 4.69) is 10.3 Å². The van der Waals surface area contributed by atoms with Gasteiger partial charge in [0.2, 0.25) is 5.69 Å². The summed E-state index contributed by atoms with van der Waals surface area (Å²) in [6.45, 7) is 0.412. The molecule has 0 saturated carbocycles. The fourth-order valence-electron chi connectivity index (χ4n) is 2.06. The summed E-state index contributed by atoms with van der Waals surface area (Å²) in [5.74, 6) is 0.660.